The summed E-state index contributed by atoms with van der Waals surface area (Å²) in [5, 5.41) is 0. The van der Waals surface area contributed by atoms with Gasteiger partial charge in [-0.1, -0.05) is 18.9 Å². The summed E-state index contributed by atoms with van der Waals surface area (Å²) in [6.07, 6.45) is 7.17. The topological polar surface area (TPSA) is 44.5 Å². The van der Waals surface area contributed by atoms with Crippen molar-refractivity contribution in [3.8, 4) is 11.5 Å². The molecular formula is C16H23NO2. The zero-order valence-electron chi connectivity index (χ0n) is 11.7. The number of benzene rings is 1. The number of nitrogens with two attached hydrogens (primary N) is 1. The summed E-state index contributed by atoms with van der Waals surface area (Å²) in [4.78, 5) is 0. The molecule has 0 bridgehead atoms. The minimum Gasteiger partial charge on any atom is -0.493 e. The predicted octanol–water partition coefficient (Wildman–Crippen LogP) is 3.21. The van der Waals surface area contributed by atoms with E-state index in [1.54, 1.807) is 7.11 Å². The lowest BCUT2D eigenvalue weighted by molar-refractivity contribution is 0.279. The van der Waals surface area contributed by atoms with E-state index in [2.05, 4.69) is 12.1 Å². The van der Waals surface area contributed by atoms with Gasteiger partial charge in [-0.05, 0) is 49.3 Å². The van der Waals surface area contributed by atoms with Crippen LogP contribution in [0, 0.1) is 5.92 Å². The minimum atomic E-state index is -0.164. The van der Waals surface area contributed by atoms with E-state index < -0.39 is 0 Å². The van der Waals surface area contributed by atoms with Gasteiger partial charge in [0.15, 0.2) is 11.5 Å². The quantitative estimate of drug-likeness (QED) is 0.885. The van der Waals surface area contributed by atoms with Crippen molar-refractivity contribution in [2.45, 2.75) is 44.1 Å². The molecule has 104 valence electrons. The van der Waals surface area contributed by atoms with E-state index >= 15 is 0 Å². The van der Waals surface area contributed by atoms with Gasteiger partial charge in [0.1, 0.15) is 0 Å². The van der Waals surface area contributed by atoms with Crippen molar-refractivity contribution >= 4 is 0 Å². The third-order valence-corrected chi connectivity index (χ3v) is 4.41. The van der Waals surface area contributed by atoms with E-state index in [-0.39, 0.29) is 5.54 Å². The molecule has 0 spiro atoms. The highest BCUT2D eigenvalue weighted by Gasteiger charge is 2.32. The van der Waals surface area contributed by atoms with Crippen LogP contribution in [0.3, 0.4) is 0 Å². The highest BCUT2D eigenvalue weighted by Crippen LogP contribution is 2.40. The second-order valence-corrected chi connectivity index (χ2v) is 5.98. The first-order chi connectivity index (χ1) is 9.21. The van der Waals surface area contributed by atoms with E-state index in [0.29, 0.717) is 0 Å². The fourth-order valence-corrected chi connectivity index (χ4v) is 2.88. The molecule has 0 unspecified atom stereocenters. The van der Waals surface area contributed by atoms with Crippen LogP contribution in [-0.4, -0.2) is 13.7 Å². The van der Waals surface area contributed by atoms with Crippen LogP contribution >= 0.6 is 0 Å². The van der Waals surface area contributed by atoms with E-state index in [9.17, 15) is 0 Å². The summed E-state index contributed by atoms with van der Waals surface area (Å²) < 4.78 is 11.3. The molecule has 0 amide bonds. The lowest BCUT2D eigenvalue weighted by Gasteiger charge is -2.25. The van der Waals surface area contributed by atoms with Gasteiger partial charge in [0.25, 0.3) is 0 Å². The van der Waals surface area contributed by atoms with Crippen LogP contribution in [0.15, 0.2) is 18.2 Å². The molecule has 0 atom stereocenters. The fraction of sp³-hybridized carbons (Fsp3) is 0.625. The largest absolute Gasteiger partial charge is 0.493 e. The molecule has 2 N–H and O–H groups in total. The Bertz CT molecular complexity index is 448. The molecule has 2 aliphatic carbocycles. The Hall–Kier alpha value is -1.22. The van der Waals surface area contributed by atoms with Crippen molar-refractivity contribution in [3.63, 3.8) is 0 Å². The molecule has 0 aromatic heterocycles. The zero-order valence-corrected chi connectivity index (χ0v) is 11.7. The molecule has 0 heterocycles. The number of rotatable bonds is 5. The Kier molecular flexibility index (Phi) is 3.40. The van der Waals surface area contributed by atoms with E-state index in [4.69, 9.17) is 15.2 Å². The molecule has 0 radical (unpaired) electrons. The van der Waals surface area contributed by atoms with E-state index in [0.717, 1.165) is 36.9 Å². The summed E-state index contributed by atoms with van der Waals surface area (Å²) >= 11 is 0. The molecule has 1 aromatic rings. The molecule has 2 fully saturated rings. The fourth-order valence-electron chi connectivity index (χ4n) is 2.88. The third-order valence-electron chi connectivity index (χ3n) is 4.41. The number of methoxy groups -OCH3 is 1. The van der Waals surface area contributed by atoms with Gasteiger partial charge in [-0.2, -0.15) is 0 Å². The van der Waals surface area contributed by atoms with Gasteiger partial charge >= 0.3 is 0 Å². The maximum absolute atomic E-state index is 6.49. The van der Waals surface area contributed by atoms with Crippen LogP contribution in [-0.2, 0) is 5.54 Å². The molecule has 2 saturated carbocycles. The standard InChI is InChI=1S/C16H23NO2/c1-18-15-10-13(16(17)8-2-3-9-16)6-7-14(15)19-11-12-4-5-12/h6-7,10,12H,2-5,8-9,11,17H2,1H3. The first kappa shape index (κ1) is 12.8. The average Bonchev–Trinajstić information content (AvgIpc) is 3.16. The Balaban J connectivity index is 1.79. The summed E-state index contributed by atoms with van der Waals surface area (Å²) in [5.74, 6) is 2.41. The van der Waals surface area contributed by atoms with Crippen LogP contribution in [0.1, 0.15) is 44.1 Å². The van der Waals surface area contributed by atoms with Crippen LogP contribution in [0.4, 0.5) is 0 Å². The molecule has 3 heteroatoms. The first-order valence-corrected chi connectivity index (χ1v) is 7.31. The van der Waals surface area contributed by atoms with Crippen molar-refractivity contribution in [2.24, 2.45) is 11.7 Å². The normalized spacial score (nSPS) is 21.4. The van der Waals surface area contributed by atoms with Gasteiger partial charge in [0.05, 0.1) is 13.7 Å². The zero-order chi connectivity index (χ0) is 13.3. The maximum atomic E-state index is 6.49. The lowest BCUT2D eigenvalue weighted by Crippen LogP contribution is -2.33. The van der Waals surface area contributed by atoms with Crippen molar-refractivity contribution in [3.05, 3.63) is 23.8 Å². The van der Waals surface area contributed by atoms with Gasteiger partial charge in [-0.15, -0.1) is 0 Å². The van der Waals surface area contributed by atoms with Gasteiger partial charge in [-0.25, -0.2) is 0 Å². The Morgan fingerprint density at radius 1 is 1.21 bits per heavy atom. The summed E-state index contributed by atoms with van der Waals surface area (Å²) in [5.41, 5.74) is 7.51. The molecule has 0 aliphatic heterocycles. The SMILES string of the molecule is COc1cc(C2(N)CCCC2)ccc1OCC1CC1. The molecule has 19 heavy (non-hydrogen) atoms. The average molecular weight is 261 g/mol. The smallest absolute Gasteiger partial charge is 0.161 e. The minimum absolute atomic E-state index is 0.164. The monoisotopic (exact) mass is 261 g/mol. The van der Waals surface area contributed by atoms with Gasteiger partial charge < -0.3 is 15.2 Å². The lowest BCUT2D eigenvalue weighted by atomic mass is 9.89. The molecule has 3 rings (SSSR count). The van der Waals surface area contributed by atoms with Crippen molar-refractivity contribution in [1.82, 2.24) is 0 Å². The van der Waals surface area contributed by atoms with Gasteiger partial charge in [0.2, 0.25) is 0 Å². The summed E-state index contributed by atoms with van der Waals surface area (Å²) in [7, 11) is 1.70. The Morgan fingerprint density at radius 3 is 2.58 bits per heavy atom. The van der Waals surface area contributed by atoms with Crippen molar-refractivity contribution in [2.75, 3.05) is 13.7 Å². The van der Waals surface area contributed by atoms with Crippen LogP contribution in [0.5, 0.6) is 11.5 Å². The molecule has 3 nitrogen and oxygen atoms in total. The van der Waals surface area contributed by atoms with Gasteiger partial charge in [0, 0.05) is 5.54 Å². The summed E-state index contributed by atoms with van der Waals surface area (Å²) in [6.45, 7) is 0.809. The van der Waals surface area contributed by atoms with Gasteiger partial charge in [-0.3, -0.25) is 0 Å². The number of hydrogen-bond donors (Lipinski definition) is 1. The number of ether oxygens (including phenoxy) is 2. The Morgan fingerprint density at radius 2 is 1.95 bits per heavy atom. The van der Waals surface area contributed by atoms with Crippen molar-refractivity contribution < 1.29 is 9.47 Å². The van der Waals surface area contributed by atoms with Crippen LogP contribution in [0.25, 0.3) is 0 Å². The van der Waals surface area contributed by atoms with E-state index in [1.807, 2.05) is 6.07 Å². The second kappa shape index (κ2) is 5.04. The Labute approximate surface area is 115 Å². The molecule has 2 aliphatic rings. The van der Waals surface area contributed by atoms with E-state index in [1.165, 1.54) is 31.2 Å². The molecule has 0 saturated heterocycles. The highest BCUT2D eigenvalue weighted by atomic mass is 16.5. The third kappa shape index (κ3) is 2.71. The predicted molar refractivity (Wildman–Crippen MR) is 75.5 cm³/mol. The molecule has 1 aromatic carbocycles. The second-order valence-electron chi connectivity index (χ2n) is 5.98. The molecular weight excluding hydrogens is 238 g/mol. The van der Waals surface area contributed by atoms with Crippen molar-refractivity contribution in [1.29, 1.82) is 0 Å². The number of hydrogen-bond acceptors (Lipinski definition) is 3. The van der Waals surface area contributed by atoms with Crippen LogP contribution < -0.4 is 15.2 Å². The summed E-state index contributed by atoms with van der Waals surface area (Å²) in [6, 6.07) is 6.19. The maximum Gasteiger partial charge on any atom is 0.161 e. The first-order valence-electron chi connectivity index (χ1n) is 7.31. The van der Waals surface area contributed by atoms with Crippen LogP contribution in [0.2, 0.25) is 0 Å². The highest BCUT2D eigenvalue weighted by molar-refractivity contribution is 5.45.